The largest absolute Gasteiger partial charge is 0.344 e. The van der Waals surface area contributed by atoms with Crippen LogP contribution in [0.15, 0.2) is 0 Å². The van der Waals surface area contributed by atoms with Crippen LogP contribution >= 0.6 is 0 Å². The van der Waals surface area contributed by atoms with Gasteiger partial charge in [-0.3, -0.25) is 9.59 Å². The van der Waals surface area contributed by atoms with Gasteiger partial charge in [0.05, 0.1) is 0 Å². The fraction of sp³-hybridized carbons (Fsp3) is 0.882. The fourth-order valence-corrected chi connectivity index (χ4v) is 4.17. The minimum absolute atomic E-state index is 0.0491. The summed E-state index contributed by atoms with van der Waals surface area (Å²) in [4.78, 5) is 27.1. The minimum atomic E-state index is -0.279. The topological polar surface area (TPSA) is 49.4 Å². The van der Waals surface area contributed by atoms with Crippen molar-refractivity contribution in [1.29, 1.82) is 0 Å². The number of hydrogen-bond donors (Lipinski definition) is 1. The molecule has 1 heterocycles. The minimum Gasteiger partial charge on any atom is -0.344 e. The molecular weight excluding hydrogens is 264 g/mol. The highest BCUT2D eigenvalue weighted by Gasteiger charge is 2.47. The van der Waals surface area contributed by atoms with Gasteiger partial charge in [-0.25, -0.2) is 0 Å². The molecule has 3 aliphatic rings. The van der Waals surface area contributed by atoms with Gasteiger partial charge in [0.15, 0.2) is 0 Å². The zero-order valence-corrected chi connectivity index (χ0v) is 13.4. The fourth-order valence-electron chi connectivity index (χ4n) is 4.17. The summed E-state index contributed by atoms with van der Waals surface area (Å²) in [5.74, 6) is 1.17. The molecule has 0 aromatic rings. The second-order valence-corrected chi connectivity index (χ2v) is 7.61. The Balaban J connectivity index is 1.81. The first-order chi connectivity index (χ1) is 10.00. The average Bonchev–Trinajstić information content (AvgIpc) is 3.29. The standard InChI is InChI=1S/C17H28N2O2/c1-17(2,13-8-9-13)19-11-10-14(20)18-15(16(19)21)12-6-4-3-5-7-12/h12-13,15H,3-11H2,1-2H3,(H,18,20). The quantitative estimate of drug-likeness (QED) is 0.868. The first-order valence-electron chi connectivity index (χ1n) is 8.61. The highest BCUT2D eigenvalue weighted by Crippen LogP contribution is 2.43. The van der Waals surface area contributed by atoms with Crippen LogP contribution in [-0.2, 0) is 9.59 Å². The normalized spacial score (nSPS) is 29.2. The van der Waals surface area contributed by atoms with Crippen LogP contribution in [0.4, 0.5) is 0 Å². The van der Waals surface area contributed by atoms with E-state index < -0.39 is 0 Å². The lowest BCUT2D eigenvalue weighted by atomic mass is 9.82. The third-order valence-electron chi connectivity index (χ3n) is 5.80. The molecule has 2 aliphatic carbocycles. The monoisotopic (exact) mass is 292 g/mol. The van der Waals surface area contributed by atoms with Gasteiger partial charge < -0.3 is 10.2 Å². The van der Waals surface area contributed by atoms with Gasteiger partial charge >= 0.3 is 0 Å². The van der Waals surface area contributed by atoms with Crippen LogP contribution in [0.1, 0.15) is 65.2 Å². The molecule has 0 bridgehead atoms. The molecule has 1 N–H and O–H groups in total. The number of nitrogens with one attached hydrogen (secondary N) is 1. The third-order valence-corrected chi connectivity index (χ3v) is 5.80. The molecule has 118 valence electrons. The summed E-state index contributed by atoms with van der Waals surface area (Å²) in [6.07, 6.45) is 8.68. The molecule has 21 heavy (non-hydrogen) atoms. The Bertz CT molecular complexity index is 423. The molecule has 1 aliphatic heterocycles. The Labute approximate surface area is 127 Å². The molecule has 4 nitrogen and oxygen atoms in total. The van der Waals surface area contributed by atoms with Crippen molar-refractivity contribution < 1.29 is 9.59 Å². The molecule has 2 saturated carbocycles. The molecular formula is C17H28N2O2. The first kappa shape index (κ1) is 14.9. The Morgan fingerprint density at radius 2 is 1.71 bits per heavy atom. The van der Waals surface area contributed by atoms with Crippen molar-refractivity contribution in [1.82, 2.24) is 10.2 Å². The van der Waals surface area contributed by atoms with Gasteiger partial charge in [-0.15, -0.1) is 0 Å². The molecule has 0 aromatic heterocycles. The van der Waals surface area contributed by atoms with Gasteiger partial charge in [0.25, 0.3) is 0 Å². The number of hydrogen-bond acceptors (Lipinski definition) is 2. The SMILES string of the molecule is CC(C)(C1CC1)N1CCC(=O)NC(C2CCCCC2)C1=O. The smallest absolute Gasteiger partial charge is 0.245 e. The zero-order valence-electron chi connectivity index (χ0n) is 13.4. The van der Waals surface area contributed by atoms with Crippen molar-refractivity contribution >= 4 is 11.8 Å². The predicted molar refractivity (Wildman–Crippen MR) is 81.6 cm³/mol. The Hall–Kier alpha value is -1.06. The van der Waals surface area contributed by atoms with E-state index in [2.05, 4.69) is 19.2 Å². The van der Waals surface area contributed by atoms with Crippen LogP contribution in [-0.4, -0.2) is 34.8 Å². The van der Waals surface area contributed by atoms with Gasteiger partial charge in [-0.05, 0) is 51.4 Å². The summed E-state index contributed by atoms with van der Waals surface area (Å²) < 4.78 is 0. The molecule has 0 radical (unpaired) electrons. The van der Waals surface area contributed by atoms with E-state index in [-0.39, 0.29) is 23.4 Å². The number of amides is 2. The Morgan fingerprint density at radius 1 is 1.05 bits per heavy atom. The van der Waals surface area contributed by atoms with Crippen molar-refractivity contribution in [2.45, 2.75) is 76.8 Å². The van der Waals surface area contributed by atoms with E-state index in [1.807, 2.05) is 4.90 Å². The lowest BCUT2D eigenvalue weighted by molar-refractivity contribution is -0.141. The van der Waals surface area contributed by atoms with Gasteiger partial charge in [0, 0.05) is 18.5 Å². The van der Waals surface area contributed by atoms with Gasteiger partial charge in [-0.1, -0.05) is 19.3 Å². The number of nitrogens with zero attached hydrogens (tertiary/aromatic N) is 1. The maximum absolute atomic E-state index is 13.1. The number of carbonyl (C=O) groups excluding carboxylic acids is 2. The van der Waals surface area contributed by atoms with E-state index in [1.165, 1.54) is 32.1 Å². The molecule has 1 unspecified atom stereocenters. The molecule has 4 heteroatoms. The van der Waals surface area contributed by atoms with E-state index in [1.54, 1.807) is 0 Å². The van der Waals surface area contributed by atoms with Crippen molar-refractivity contribution in [3.63, 3.8) is 0 Å². The van der Waals surface area contributed by atoms with Crippen LogP contribution in [0.2, 0.25) is 0 Å². The maximum atomic E-state index is 13.1. The summed E-state index contributed by atoms with van der Waals surface area (Å²) in [6.45, 7) is 4.93. The lowest BCUT2D eigenvalue weighted by Gasteiger charge is -2.41. The van der Waals surface area contributed by atoms with Gasteiger partial charge in [0.2, 0.25) is 11.8 Å². The molecule has 2 amide bonds. The summed E-state index contributed by atoms with van der Waals surface area (Å²) in [6, 6.07) is -0.279. The van der Waals surface area contributed by atoms with Crippen LogP contribution in [0.3, 0.4) is 0 Å². The van der Waals surface area contributed by atoms with Crippen LogP contribution in [0.5, 0.6) is 0 Å². The molecule has 3 rings (SSSR count). The van der Waals surface area contributed by atoms with E-state index in [4.69, 9.17) is 0 Å². The van der Waals surface area contributed by atoms with Crippen molar-refractivity contribution in [3.8, 4) is 0 Å². The molecule has 1 atom stereocenters. The molecule has 0 spiro atoms. The highest BCUT2D eigenvalue weighted by molar-refractivity contribution is 5.90. The van der Waals surface area contributed by atoms with Crippen molar-refractivity contribution in [3.05, 3.63) is 0 Å². The Kier molecular flexibility index (Phi) is 3.98. The van der Waals surface area contributed by atoms with E-state index in [9.17, 15) is 9.59 Å². The van der Waals surface area contributed by atoms with E-state index in [0.717, 1.165) is 12.8 Å². The number of carbonyl (C=O) groups is 2. The van der Waals surface area contributed by atoms with Crippen LogP contribution < -0.4 is 5.32 Å². The third kappa shape index (κ3) is 2.95. The lowest BCUT2D eigenvalue weighted by Crippen LogP contribution is -2.56. The summed E-state index contributed by atoms with van der Waals surface area (Å²) >= 11 is 0. The van der Waals surface area contributed by atoms with E-state index in [0.29, 0.717) is 24.8 Å². The first-order valence-corrected chi connectivity index (χ1v) is 8.61. The molecule has 0 aromatic carbocycles. The van der Waals surface area contributed by atoms with Crippen molar-refractivity contribution in [2.24, 2.45) is 11.8 Å². The second kappa shape index (κ2) is 5.62. The highest BCUT2D eigenvalue weighted by atomic mass is 16.2. The van der Waals surface area contributed by atoms with Crippen LogP contribution in [0, 0.1) is 11.8 Å². The van der Waals surface area contributed by atoms with Gasteiger partial charge in [-0.2, -0.15) is 0 Å². The maximum Gasteiger partial charge on any atom is 0.245 e. The molecule has 1 saturated heterocycles. The second-order valence-electron chi connectivity index (χ2n) is 7.61. The molecule has 3 fully saturated rings. The summed E-state index contributed by atoms with van der Waals surface area (Å²) in [7, 11) is 0. The van der Waals surface area contributed by atoms with Gasteiger partial charge in [0.1, 0.15) is 6.04 Å². The summed E-state index contributed by atoms with van der Waals surface area (Å²) in [5, 5.41) is 3.03. The number of rotatable bonds is 3. The van der Waals surface area contributed by atoms with Crippen LogP contribution in [0.25, 0.3) is 0 Å². The predicted octanol–water partition coefficient (Wildman–Crippen LogP) is 2.47. The van der Waals surface area contributed by atoms with E-state index >= 15 is 0 Å². The van der Waals surface area contributed by atoms with Crippen molar-refractivity contribution in [2.75, 3.05) is 6.54 Å². The average molecular weight is 292 g/mol. The summed E-state index contributed by atoms with van der Waals surface area (Å²) in [5.41, 5.74) is -0.101. The zero-order chi connectivity index (χ0) is 15.0. The Morgan fingerprint density at radius 3 is 2.33 bits per heavy atom.